The largest absolute Gasteiger partial charge is 0.491 e. The first-order valence-corrected chi connectivity index (χ1v) is 6.53. The van der Waals surface area contributed by atoms with Gasteiger partial charge in [-0.3, -0.25) is 0 Å². The van der Waals surface area contributed by atoms with Gasteiger partial charge in [-0.2, -0.15) is 0 Å². The Kier molecular flexibility index (Phi) is 4.55. The van der Waals surface area contributed by atoms with Crippen LogP contribution in [0.4, 0.5) is 4.39 Å². The molecule has 1 aliphatic rings. The molecule has 1 aromatic rings. The molecule has 1 fully saturated rings. The summed E-state index contributed by atoms with van der Waals surface area (Å²) in [5.74, 6) is 0.0599. The fourth-order valence-electron chi connectivity index (χ4n) is 2.41. The fourth-order valence-corrected chi connectivity index (χ4v) is 2.41. The van der Waals surface area contributed by atoms with Crippen molar-refractivity contribution in [1.29, 1.82) is 0 Å². The number of aliphatic hydroxyl groups excluding tert-OH is 1. The molecular weight excluding hydrogens is 233 g/mol. The number of hydrogen-bond donors (Lipinski definition) is 2. The number of benzene rings is 1. The van der Waals surface area contributed by atoms with E-state index in [2.05, 4.69) is 5.32 Å². The van der Waals surface area contributed by atoms with E-state index in [0.717, 1.165) is 25.9 Å². The maximum atomic E-state index is 13.7. The van der Waals surface area contributed by atoms with Gasteiger partial charge in [-0.15, -0.1) is 0 Å². The molecule has 1 aliphatic heterocycles. The molecule has 0 radical (unpaired) electrons. The third-order valence-corrected chi connectivity index (χ3v) is 3.43. The van der Waals surface area contributed by atoms with E-state index in [9.17, 15) is 9.50 Å². The Morgan fingerprint density at radius 1 is 1.44 bits per heavy atom. The van der Waals surface area contributed by atoms with E-state index < -0.39 is 11.9 Å². The average molecular weight is 253 g/mol. The van der Waals surface area contributed by atoms with Crippen molar-refractivity contribution in [2.75, 3.05) is 19.7 Å². The van der Waals surface area contributed by atoms with Gasteiger partial charge in [-0.05, 0) is 56.5 Å². The quantitative estimate of drug-likeness (QED) is 0.865. The van der Waals surface area contributed by atoms with Gasteiger partial charge in [-0.1, -0.05) is 6.07 Å². The van der Waals surface area contributed by atoms with Crippen LogP contribution in [0.1, 0.15) is 31.4 Å². The van der Waals surface area contributed by atoms with Crippen molar-refractivity contribution in [2.24, 2.45) is 5.92 Å². The number of halogens is 1. The first kappa shape index (κ1) is 13.3. The molecule has 0 aliphatic carbocycles. The zero-order valence-electron chi connectivity index (χ0n) is 10.7. The number of rotatable bonds is 4. The maximum absolute atomic E-state index is 13.7. The molecular formula is C14H20FNO2. The molecule has 1 atom stereocenters. The molecule has 3 nitrogen and oxygen atoms in total. The van der Waals surface area contributed by atoms with Gasteiger partial charge < -0.3 is 15.2 Å². The van der Waals surface area contributed by atoms with Crippen LogP contribution >= 0.6 is 0 Å². The zero-order chi connectivity index (χ0) is 13.0. The lowest BCUT2D eigenvalue weighted by Gasteiger charge is -2.27. The van der Waals surface area contributed by atoms with Gasteiger partial charge in [0.05, 0.1) is 12.7 Å². The standard InChI is InChI=1S/C14H20FNO2/c1-2-18-13-4-3-11(9-12(13)15)14(17)10-5-7-16-8-6-10/h3-4,9-10,14,16-17H,2,5-8H2,1H3. The van der Waals surface area contributed by atoms with Gasteiger partial charge in [0, 0.05) is 0 Å². The Labute approximate surface area is 107 Å². The molecule has 100 valence electrons. The Hall–Kier alpha value is -1.13. The topological polar surface area (TPSA) is 41.5 Å². The average Bonchev–Trinajstić information content (AvgIpc) is 2.41. The maximum Gasteiger partial charge on any atom is 0.165 e. The van der Waals surface area contributed by atoms with E-state index in [1.165, 1.54) is 6.07 Å². The van der Waals surface area contributed by atoms with E-state index in [4.69, 9.17) is 4.74 Å². The Bertz CT molecular complexity index is 391. The molecule has 0 aromatic heterocycles. The van der Waals surface area contributed by atoms with Gasteiger partial charge in [0.25, 0.3) is 0 Å². The summed E-state index contributed by atoms with van der Waals surface area (Å²) in [6, 6.07) is 4.73. The number of nitrogens with one attached hydrogen (secondary N) is 1. The molecule has 0 amide bonds. The third kappa shape index (κ3) is 3.00. The summed E-state index contributed by atoms with van der Waals surface area (Å²) in [7, 11) is 0. The fraction of sp³-hybridized carbons (Fsp3) is 0.571. The Balaban J connectivity index is 2.10. The Morgan fingerprint density at radius 3 is 2.78 bits per heavy atom. The van der Waals surface area contributed by atoms with E-state index in [0.29, 0.717) is 12.2 Å². The first-order valence-electron chi connectivity index (χ1n) is 6.53. The zero-order valence-corrected chi connectivity index (χ0v) is 10.7. The Morgan fingerprint density at radius 2 is 2.17 bits per heavy atom. The highest BCUT2D eigenvalue weighted by molar-refractivity contribution is 5.30. The highest BCUT2D eigenvalue weighted by Gasteiger charge is 2.23. The molecule has 0 bridgehead atoms. The molecule has 0 saturated carbocycles. The molecule has 18 heavy (non-hydrogen) atoms. The lowest BCUT2D eigenvalue weighted by molar-refractivity contribution is 0.0885. The number of hydrogen-bond acceptors (Lipinski definition) is 3. The van der Waals surface area contributed by atoms with Gasteiger partial charge in [-0.25, -0.2) is 4.39 Å². The minimum Gasteiger partial charge on any atom is -0.491 e. The number of ether oxygens (including phenoxy) is 1. The van der Waals surface area contributed by atoms with E-state index >= 15 is 0 Å². The molecule has 4 heteroatoms. The molecule has 0 spiro atoms. The minimum absolute atomic E-state index is 0.212. The predicted octanol–water partition coefficient (Wildman–Crippen LogP) is 2.26. The summed E-state index contributed by atoms with van der Waals surface area (Å²) in [4.78, 5) is 0. The van der Waals surface area contributed by atoms with Crippen LogP contribution < -0.4 is 10.1 Å². The highest BCUT2D eigenvalue weighted by Crippen LogP contribution is 2.30. The summed E-state index contributed by atoms with van der Waals surface area (Å²) >= 11 is 0. The van der Waals surface area contributed by atoms with Gasteiger partial charge in [0.1, 0.15) is 0 Å². The van der Waals surface area contributed by atoms with E-state index in [1.807, 2.05) is 6.92 Å². The van der Waals surface area contributed by atoms with Crippen LogP contribution in [0.3, 0.4) is 0 Å². The summed E-state index contributed by atoms with van der Waals surface area (Å²) in [6.07, 6.45) is 1.27. The normalized spacial score (nSPS) is 18.6. The summed E-state index contributed by atoms with van der Waals surface area (Å²) < 4.78 is 18.9. The minimum atomic E-state index is -0.586. The second-order valence-electron chi connectivity index (χ2n) is 4.66. The van der Waals surface area contributed by atoms with Crippen LogP contribution in [0.2, 0.25) is 0 Å². The van der Waals surface area contributed by atoms with E-state index in [-0.39, 0.29) is 11.7 Å². The van der Waals surface area contributed by atoms with Crippen LogP contribution in [-0.4, -0.2) is 24.8 Å². The molecule has 1 saturated heterocycles. The first-order chi connectivity index (χ1) is 8.72. The SMILES string of the molecule is CCOc1ccc(C(O)C2CCNCC2)cc1F. The summed E-state index contributed by atoms with van der Waals surface area (Å²) in [5.41, 5.74) is 0.642. The van der Waals surface area contributed by atoms with Crippen molar-refractivity contribution in [3.8, 4) is 5.75 Å². The second-order valence-corrected chi connectivity index (χ2v) is 4.66. The van der Waals surface area contributed by atoms with Gasteiger partial charge in [0.2, 0.25) is 0 Å². The van der Waals surface area contributed by atoms with Crippen LogP contribution in [0, 0.1) is 11.7 Å². The van der Waals surface area contributed by atoms with Gasteiger partial charge in [0.15, 0.2) is 11.6 Å². The van der Waals surface area contributed by atoms with Crippen molar-refractivity contribution in [1.82, 2.24) is 5.32 Å². The van der Waals surface area contributed by atoms with Crippen molar-refractivity contribution in [3.63, 3.8) is 0 Å². The van der Waals surface area contributed by atoms with Crippen LogP contribution in [-0.2, 0) is 0 Å². The third-order valence-electron chi connectivity index (χ3n) is 3.43. The second kappa shape index (κ2) is 6.16. The summed E-state index contributed by atoms with van der Waals surface area (Å²) in [5, 5.41) is 13.5. The predicted molar refractivity (Wildman–Crippen MR) is 68.1 cm³/mol. The molecule has 2 N–H and O–H groups in total. The van der Waals surface area contributed by atoms with Crippen LogP contribution in [0.5, 0.6) is 5.75 Å². The number of aliphatic hydroxyl groups is 1. The van der Waals surface area contributed by atoms with Crippen molar-refractivity contribution in [3.05, 3.63) is 29.6 Å². The van der Waals surface area contributed by atoms with Crippen LogP contribution in [0.25, 0.3) is 0 Å². The van der Waals surface area contributed by atoms with Gasteiger partial charge >= 0.3 is 0 Å². The van der Waals surface area contributed by atoms with Crippen LogP contribution in [0.15, 0.2) is 18.2 Å². The molecule has 1 unspecified atom stereocenters. The van der Waals surface area contributed by atoms with Crippen molar-refractivity contribution in [2.45, 2.75) is 25.9 Å². The molecule has 1 aromatic carbocycles. The number of piperidine rings is 1. The molecule has 2 rings (SSSR count). The monoisotopic (exact) mass is 253 g/mol. The van der Waals surface area contributed by atoms with E-state index in [1.54, 1.807) is 12.1 Å². The van der Waals surface area contributed by atoms with Crippen molar-refractivity contribution >= 4 is 0 Å². The van der Waals surface area contributed by atoms with Crippen molar-refractivity contribution < 1.29 is 14.2 Å². The highest BCUT2D eigenvalue weighted by atomic mass is 19.1. The lowest BCUT2D eigenvalue weighted by atomic mass is 9.88. The summed E-state index contributed by atoms with van der Waals surface area (Å²) in [6.45, 7) is 4.09. The smallest absolute Gasteiger partial charge is 0.165 e. The lowest BCUT2D eigenvalue weighted by Crippen LogP contribution is -2.30. The molecule has 1 heterocycles.